The van der Waals surface area contributed by atoms with Gasteiger partial charge in [0, 0.05) is 29.8 Å². The molecule has 2 heterocycles. The molecule has 1 saturated carbocycles. The summed E-state index contributed by atoms with van der Waals surface area (Å²) in [5, 5.41) is 14.2. The average molecular weight is 500 g/mol. The topological polar surface area (TPSA) is 129 Å². The minimum absolute atomic E-state index is 0.0987. The van der Waals surface area contributed by atoms with Crippen molar-refractivity contribution in [3.63, 3.8) is 0 Å². The van der Waals surface area contributed by atoms with Crippen molar-refractivity contribution in [2.75, 3.05) is 17.7 Å². The molecule has 4 rings (SSSR count). The van der Waals surface area contributed by atoms with Gasteiger partial charge in [-0.05, 0) is 25.3 Å². The molecule has 3 N–H and O–H groups in total. The van der Waals surface area contributed by atoms with Gasteiger partial charge in [-0.15, -0.1) is 21.5 Å². The molecule has 0 bridgehead atoms. The number of rotatable bonds is 11. The highest BCUT2D eigenvalue weighted by atomic mass is 32.2. The van der Waals surface area contributed by atoms with Gasteiger partial charge in [0.15, 0.2) is 5.16 Å². The highest BCUT2D eigenvalue weighted by molar-refractivity contribution is 7.99. The maximum atomic E-state index is 12.8. The van der Waals surface area contributed by atoms with Crippen LogP contribution in [0.4, 0.5) is 5.00 Å². The first-order chi connectivity index (χ1) is 16.5. The van der Waals surface area contributed by atoms with Crippen LogP contribution >= 0.6 is 23.1 Å². The summed E-state index contributed by atoms with van der Waals surface area (Å²) in [6.07, 6.45) is 2.66. The third kappa shape index (κ3) is 5.65. The maximum absolute atomic E-state index is 12.8. The third-order valence-electron chi connectivity index (χ3n) is 5.18. The quantitative estimate of drug-likeness (QED) is 0.304. The molecule has 0 aliphatic heterocycles. The maximum Gasteiger partial charge on any atom is 0.341 e. The smallest absolute Gasteiger partial charge is 0.341 e. The summed E-state index contributed by atoms with van der Waals surface area (Å²) in [6.45, 7) is 1.98. The first-order valence-corrected chi connectivity index (χ1v) is 12.8. The van der Waals surface area contributed by atoms with Gasteiger partial charge in [0.1, 0.15) is 16.4 Å². The van der Waals surface area contributed by atoms with Gasteiger partial charge in [0.2, 0.25) is 11.8 Å². The van der Waals surface area contributed by atoms with Crippen LogP contribution in [0.3, 0.4) is 0 Å². The van der Waals surface area contributed by atoms with E-state index in [1.807, 2.05) is 40.3 Å². The molecule has 1 fully saturated rings. The Morgan fingerprint density at radius 3 is 2.68 bits per heavy atom. The molecule has 0 radical (unpaired) electrons. The number of hydrogen-bond donors (Lipinski definition) is 2. The van der Waals surface area contributed by atoms with E-state index in [0.717, 1.165) is 24.0 Å². The molecule has 2 aromatic heterocycles. The van der Waals surface area contributed by atoms with Crippen molar-refractivity contribution in [1.82, 2.24) is 14.8 Å². The summed E-state index contributed by atoms with van der Waals surface area (Å²) in [4.78, 5) is 36.6. The van der Waals surface area contributed by atoms with Crippen molar-refractivity contribution in [3.8, 4) is 11.1 Å². The number of thioether (sulfide) groups is 1. The molecule has 11 heteroatoms. The molecular weight excluding hydrogens is 474 g/mol. The number of aromatic nitrogens is 3. The van der Waals surface area contributed by atoms with Crippen molar-refractivity contribution in [2.45, 2.75) is 43.8 Å². The molecule has 1 aliphatic rings. The van der Waals surface area contributed by atoms with Gasteiger partial charge in [-0.25, -0.2) is 4.79 Å². The van der Waals surface area contributed by atoms with Crippen LogP contribution < -0.4 is 11.1 Å². The number of ether oxygens (including phenoxy) is 1. The summed E-state index contributed by atoms with van der Waals surface area (Å²) in [5.74, 6) is -0.317. The van der Waals surface area contributed by atoms with Gasteiger partial charge in [-0.1, -0.05) is 42.1 Å². The van der Waals surface area contributed by atoms with Crippen molar-refractivity contribution in [1.29, 1.82) is 0 Å². The highest BCUT2D eigenvalue weighted by Crippen LogP contribution is 2.39. The van der Waals surface area contributed by atoms with E-state index < -0.39 is 5.97 Å². The Hall–Kier alpha value is -3.18. The van der Waals surface area contributed by atoms with Gasteiger partial charge < -0.3 is 20.4 Å². The van der Waals surface area contributed by atoms with E-state index in [2.05, 4.69) is 15.5 Å². The van der Waals surface area contributed by atoms with Crippen molar-refractivity contribution >= 4 is 45.9 Å². The fourth-order valence-corrected chi connectivity index (χ4v) is 5.29. The van der Waals surface area contributed by atoms with Crippen LogP contribution in [0.15, 0.2) is 40.9 Å². The van der Waals surface area contributed by atoms with Crippen LogP contribution in [0.5, 0.6) is 0 Å². The molecule has 9 nitrogen and oxygen atoms in total. The number of nitrogens with zero attached hydrogens (tertiary/aromatic N) is 3. The van der Waals surface area contributed by atoms with Crippen LogP contribution in [0.1, 0.15) is 48.4 Å². The van der Waals surface area contributed by atoms with Crippen molar-refractivity contribution in [2.24, 2.45) is 5.73 Å². The Labute approximate surface area is 205 Å². The van der Waals surface area contributed by atoms with E-state index in [1.54, 1.807) is 6.92 Å². The van der Waals surface area contributed by atoms with Crippen LogP contribution in [0.25, 0.3) is 11.1 Å². The number of primary amides is 1. The lowest BCUT2D eigenvalue weighted by Crippen LogP contribution is -2.17. The zero-order valence-corrected chi connectivity index (χ0v) is 20.3. The van der Waals surface area contributed by atoms with E-state index in [4.69, 9.17) is 10.5 Å². The van der Waals surface area contributed by atoms with Gasteiger partial charge in [-0.3, -0.25) is 9.59 Å². The van der Waals surface area contributed by atoms with E-state index in [-0.39, 0.29) is 30.6 Å². The summed E-state index contributed by atoms with van der Waals surface area (Å²) in [7, 11) is 0. The van der Waals surface area contributed by atoms with Crippen LogP contribution in [0, 0.1) is 0 Å². The number of benzene rings is 1. The molecule has 1 aliphatic carbocycles. The first-order valence-electron chi connectivity index (χ1n) is 11.0. The number of esters is 1. The molecule has 178 valence electrons. The average Bonchev–Trinajstić information content (AvgIpc) is 3.44. The fourth-order valence-electron chi connectivity index (χ4n) is 3.49. The second kappa shape index (κ2) is 10.8. The largest absolute Gasteiger partial charge is 0.462 e. The Morgan fingerprint density at radius 1 is 1.24 bits per heavy atom. The van der Waals surface area contributed by atoms with E-state index in [9.17, 15) is 14.4 Å². The predicted molar refractivity (Wildman–Crippen MR) is 131 cm³/mol. The number of amides is 2. The molecule has 0 unspecified atom stereocenters. The minimum atomic E-state index is -0.474. The number of aryl methyl sites for hydroxylation is 1. The number of carbonyl (C=O) groups is 3. The Morgan fingerprint density at radius 2 is 2.00 bits per heavy atom. The van der Waals surface area contributed by atoms with E-state index >= 15 is 0 Å². The number of thiophene rings is 1. The fraction of sp³-hybridized carbons (Fsp3) is 0.348. The van der Waals surface area contributed by atoms with E-state index in [0.29, 0.717) is 34.0 Å². The van der Waals surface area contributed by atoms with Gasteiger partial charge in [-0.2, -0.15) is 0 Å². The zero-order chi connectivity index (χ0) is 24.1. The number of nitrogens with two attached hydrogens (primary N) is 1. The first kappa shape index (κ1) is 24.0. The highest BCUT2D eigenvalue weighted by Gasteiger charge is 2.30. The molecule has 34 heavy (non-hydrogen) atoms. The molecule has 1 aromatic carbocycles. The SMILES string of the molecule is CCOC(=O)c1c(-c2ccccc2)csc1NC(=O)CSc1nnc(CCC(N)=O)n1C1CC1. The lowest BCUT2D eigenvalue weighted by molar-refractivity contribution is -0.118. The Kier molecular flexibility index (Phi) is 7.63. The second-order valence-corrected chi connectivity index (χ2v) is 9.57. The standard InChI is InChI=1S/C23H25N5O4S2/c1-2-32-22(31)20-16(14-6-4-3-5-7-14)12-33-21(20)25-19(30)13-34-23-27-26-18(11-10-17(24)29)28(23)15-8-9-15/h3-7,12,15H,2,8-11,13H2,1H3,(H2,24,29)(H,25,30). The van der Waals surface area contributed by atoms with E-state index in [1.165, 1.54) is 23.1 Å². The van der Waals surface area contributed by atoms with Crippen LogP contribution in [-0.4, -0.2) is 44.9 Å². The molecular formula is C23H25N5O4S2. The third-order valence-corrected chi connectivity index (χ3v) is 7.02. The number of anilines is 1. The minimum Gasteiger partial charge on any atom is -0.462 e. The zero-order valence-electron chi connectivity index (χ0n) is 18.7. The van der Waals surface area contributed by atoms with Gasteiger partial charge >= 0.3 is 5.97 Å². The van der Waals surface area contributed by atoms with Gasteiger partial charge in [0.05, 0.1) is 12.4 Å². The van der Waals surface area contributed by atoms with Crippen LogP contribution in [-0.2, 0) is 20.7 Å². The lowest BCUT2D eigenvalue weighted by atomic mass is 10.0. The molecule has 2 amide bonds. The normalized spacial score (nSPS) is 13.0. The number of hydrogen-bond acceptors (Lipinski definition) is 8. The molecule has 0 atom stereocenters. The Balaban J connectivity index is 1.47. The summed E-state index contributed by atoms with van der Waals surface area (Å²) >= 11 is 2.56. The number of carbonyl (C=O) groups excluding carboxylic acids is 3. The lowest BCUT2D eigenvalue weighted by Gasteiger charge is -2.10. The molecule has 3 aromatic rings. The molecule has 0 spiro atoms. The van der Waals surface area contributed by atoms with Crippen molar-refractivity contribution < 1.29 is 19.1 Å². The number of nitrogens with one attached hydrogen (secondary N) is 1. The second-order valence-electron chi connectivity index (χ2n) is 7.74. The monoisotopic (exact) mass is 499 g/mol. The van der Waals surface area contributed by atoms with Crippen LogP contribution in [0.2, 0.25) is 0 Å². The van der Waals surface area contributed by atoms with Gasteiger partial charge in [0.25, 0.3) is 0 Å². The summed E-state index contributed by atoms with van der Waals surface area (Å²) in [6, 6.07) is 9.80. The Bertz CT molecular complexity index is 1190. The summed E-state index contributed by atoms with van der Waals surface area (Å²) in [5.41, 5.74) is 7.21. The molecule has 0 saturated heterocycles. The van der Waals surface area contributed by atoms with Crippen molar-refractivity contribution in [3.05, 3.63) is 47.1 Å². The predicted octanol–water partition coefficient (Wildman–Crippen LogP) is 3.67. The summed E-state index contributed by atoms with van der Waals surface area (Å²) < 4.78 is 7.25.